The van der Waals surface area contributed by atoms with Gasteiger partial charge >= 0.3 is 0 Å². The Balaban J connectivity index is 2.08. The Bertz CT molecular complexity index is 367. The molecule has 102 valence electrons. The lowest BCUT2D eigenvalue weighted by atomic mass is 10.2. The van der Waals surface area contributed by atoms with Gasteiger partial charge in [-0.3, -0.25) is 0 Å². The van der Waals surface area contributed by atoms with E-state index in [1.54, 1.807) is 0 Å². The molecule has 1 aliphatic rings. The lowest BCUT2D eigenvalue weighted by Crippen LogP contribution is -2.21. The highest BCUT2D eigenvalue weighted by Gasteiger charge is 2.22. The lowest BCUT2D eigenvalue weighted by molar-refractivity contribution is 0.686. The number of hydrogen-bond acceptors (Lipinski definition) is 4. The van der Waals surface area contributed by atoms with Crippen LogP contribution >= 0.6 is 11.3 Å². The molecule has 1 aromatic rings. The summed E-state index contributed by atoms with van der Waals surface area (Å²) in [5, 5.41) is 4.82. The van der Waals surface area contributed by atoms with Crippen molar-refractivity contribution in [3.05, 3.63) is 10.6 Å². The summed E-state index contributed by atoms with van der Waals surface area (Å²) in [7, 11) is 0. The number of aryl methyl sites for hydroxylation is 1. The second-order valence-corrected chi connectivity index (χ2v) is 6.01. The number of nitrogens with one attached hydrogen (secondary N) is 1. The first kappa shape index (κ1) is 13.8. The molecular formula is C14H25N3S. The average Bonchev–Trinajstić information content (AvgIpc) is 3.12. The number of hydrogen-bond donors (Lipinski definition) is 1. The molecule has 1 fully saturated rings. The van der Waals surface area contributed by atoms with Crippen molar-refractivity contribution in [2.75, 3.05) is 18.0 Å². The van der Waals surface area contributed by atoms with E-state index in [-0.39, 0.29) is 0 Å². The van der Waals surface area contributed by atoms with E-state index in [0.29, 0.717) is 0 Å². The number of rotatable bonds is 8. The Morgan fingerprint density at radius 3 is 2.56 bits per heavy atom. The highest BCUT2D eigenvalue weighted by molar-refractivity contribution is 7.15. The predicted molar refractivity (Wildman–Crippen MR) is 79.5 cm³/mol. The molecule has 0 spiro atoms. The van der Waals surface area contributed by atoms with E-state index in [2.05, 4.69) is 31.0 Å². The Morgan fingerprint density at radius 1 is 1.28 bits per heavy atom. The molecule has 0 saturated heterocycles. The molecule has 0 atom stereocenters. The first-order chi connectivity index (χ1) is 8.78. The number of thiazole rings is 1. The SMILES string of the molecule is CCCc1nc(N(CC)CC)sc1CNC1CC1. The summed E-state index contributed by atoms with van der Waals surface area (Å²) in [5.74, 6) is 0. The fraction of sp³-hybridized carbons (Fsp3) is 0.786. The van der Waals surface area contributed by atoms with Gasteiger partial charge in [-0.05, 0) is 33.1 Å². The fourth-order valence-corrected chi connectivity index (χ4v) is 3.28. The molecule has 1 saturated carbocycles. The standard InChI is InChI=1S/C14H25N3S/c1-4-7-12-13(10-15-11-8-9-11)18-14(16-12)17(5-2)6-3/h11,15H,4-10H2,1-3H3. The summed E-state index contributed by atoms with van der Waals surface area (Å²) >= 11 is 1.88. The molecule has 3 nitrogen and oxygen atoms in total. The maximum atomic E-state index is 4.84. The largest absolute Gasteiger partial charge is 0.349 e. The number of anilines is 1. The normalized spacial score (nSPS) is 15.1. The summed E-state index contributed by atoms with van der Waals surface area (Å²) in [6, 6.07) is 0.776. The van der Waals surface area contributed by atoms with E-state index in [0.717, 1.165) is 32.1 Å². The number of aromatic nitrogens is 1. The van der Waals surface area contributed by atoms with Crippen LogP contribution in [0.1, 0.15) is 50.6 Å². The van der Waals surface area contributed by atoms with E-state index in [1.807, 2.05) is 11.3 Å². The third-order valence-electron chi connectivity index (χ3n) is 3.42. The molecule has 2 rings (SSSR count). The van der Waals surface area contributed by atoms with Crippen molar-refractivity contribution in [3.8, 4) is 0 Å². The van der Waals surface area contributed by atoms with Crippen molar-refractivity contribution in [2.24, 2.45) is 0 Å². The molecule has 1 aromatic heterocycles. The molecule has 0 aliphatic heterocycles. The molecule has 18 heavy (non-hydrogen) atoms. The summed E-state index contributed by atoms with van der Waals surface area (Å²) in [6.07, 6.45) is 4.99. The van der Waals surface area contributed by atoms with Crippen LogP contribution in [0.15, 0.2) is 0 Å². The quantitative estimate of drug-likeness (QED) is 0.784. The average molecular weight is 267 g/mol. The van der Waals surface area contributed by atoms with Crippen LogP contribution in [0.2, 0.25) is 0 Å². The van der Waals surface area contributed by atoms with Crippen molar-refractivity contribution in [2.45, 2.75) is 59.0 Å². The Morgan fingerprint density at radius 2 is 2.00 bits per heavy atom. The van der Waals surface area contributed by atoms with Crippen LogP contribution in [0.4, 0.5) is 5.13 Å². The zero-order valence-electron chi connectivity index (χ0n) is 11.8. The molecule has 4 heteroatoms. The van der Waals surface area contributed by atoms with Gasteiger partial charge in [-0.1, -0.05) is 13.3 Å². The molecule has 0 amide bonds. The Labute approximate surface area is 115 Å². The summed E-state index contributed by atoms with van der Waals surface area (Å²) in [5.41, 5.74) is 1.32. The highest BCUT2D eigenvalue weighted by Crippen LogP contribution is 2.28. The van der Waals surface area contributed by atoms with Crippen LogP contribution in [0.25, 0.3) is 0 Å². The lowest BCUT2D eigenvalue weighted by Gasteiger charge is -2.16. The van der Waals surface area contributed by atoms with E-state index >= 15 is 0 Å². The zero-order chi connectivity index (χ0) is 13.0. The molecule has 0 aromatic carbocycles. The monoisotopic (exact) mass is 267 g/mol. The maximum absolute atomic E-state index is 4.84. The third-order valence-corrected chi connectivity index (χ3v) is 4.57. The molecule has 1 N–H and O–H groups in total. The van der Waals surface area contributed by atoms with E-state index in [9.17, 15) is 0 Å². The van der Waals surface area contributed by atoms with E-state index in [4.69, 9.17) is 4.98 Å². The Hall–Kier alpha value is -0.610. The van der Waals surface area contributed by atoms with Gasteiger partial charge in [0.2, 0.25) is 0 Å². The van der Waals surface area contributed by atoms with Gasteiger partial charge in [0.15, 0.2) is 5.13 Å². The van der Waals surface area contributed by atoms with E-state index in [1.165, 1.54) is 35.0 Å². The van der Waals surface area contributed by atoms with Crippen molar-refractivity contribution < 1.29 is 0 Å². The first-order valence-corrected chi connectivity index (χ1v) is 8.07. The van der Waals surface area contributed by atoms with Crippen molar-refractivity contribution >= 4 is 16.5 Å². The molecule has 0 bridgehead atoms. The molecule has 0 radical (unpaired) electrons. The third kappa shape index (κ3) is 3.45. The van der Waals surface area contributed by atoms with Crippen LogP contribution in [0.5, 0.6) is 0 Å². The minimum Gasteiger partial charge on any atom is -0.349 e. The van der Waals surface area contributed by atoms with Gasteiger partial charge in [0.05, 0.1) is 5.69 Å². The summed E-state index contributed by atoms with van der Waals surface area (Å²) < 4.78 is 0. The molecule has 1 aliphatic carbocycles. The van der Waals surface area contributed by atoms with Crippen LogP contribution in [0, 0.1) is 0 Å². The van der Waals surface area contributed by atoms with Crippen LogP contribution in [-0.4, -0.2) is 24.1 Å². The van der Waals surface area contributed by atoms with Gasteiger partial charge in [-0.15, -0.1) is 11.3 Å². The maximum Gasteiger partial charge on any atom is 0.185 e. The van der Waals surface area contributed by atoms with Crippen LogP contribution < -0.4 is 10.2 Å². The van der Waals surface area contributed by atoms with Gasteiger partial charge in [0.25, 0.3) is 0 Å². The number of nitrogens with zero attached hydrogens (tertiary/aromatic N) is 2. The second kappa shape index (κ2) is 6.53. The van der Waals surface area contributed by atoms with Gasteiger partial charge in [-0.25, -0.2) is 4.98 Å². The van der Waals surface area contributed by atoms with E-state index < -0.39 is 0 Å². The second-order valence-electron chi connectivity index (χ2n) is 4.94. The highest BCUT2D eigenvalue weighted by atomic mass is 32.1. The molecule has 1 heterocycles. The minimum atomic E-state index is 0.776. The van der Waals surface area contributed by atoms with Crippen LogP contribution in [-0.2, 0) is 13.0 Å². The van der Waals surface area contributed by atoms with Crippen molar-refractivity contribution in [1.29, 1.82) is 0 Å². The van der Waals surface area contributed by atoms with Crippen LogP contribution in [0.3, 0.4) is 0 Å². The van der Waals surface area contributed by atoms with Crippen molar-refractivity contribution in [3.63, 3.8) is 0 Å². The fourth-order valence-electron chi connectivity index (χ4n) is 2.09. The molecule has 0 unspecified atom stereocenters. The van der Waals surface area contributed by atoms with Gasteiger partial charge < -0.3 is 10.2 Å². The van der Waals surface area contributed by atoms with Gasteiger partial charge in [0, 0.05) is 30.6 Å². The summed E-state index contributed by atoms with van der Waals surface area (Å²) in [4.78, 5) is 8.65. The predicted octanol–water partition coefficient (Wildman–Crippen LogP) is 3.19. The molecular weight excluding hydrogens is 242 g/mol. The summed E-state index contributed by atoms with van der Waals surface area (Å²) in [6.45, 7) is 9.74. The topological polar surface area (TPSA) is 28.2 Å². The zero-order valence-corrected chi connectivity index (χ0v) is 12.6. The Kier molecular flexibility index (Phi) is 5.01. The minimum absolute atomic E-state index is 0.776. The van der Waals surface area contributed by atoms with Gasteiger partial charge in [-0.2, -0.15) is 0 Å². The van der Waals surface area contributed by atoms with Crippen molar-refractivity contribution in [1.82, 2.24) is 10.3 Å². The van der Waals surface area contributed by atoms with Gasteiger partial charge in [0.1, 0.15) is 0 Å². The first-order valence-electron chi connectivity index (χ1n) is 7.25. The smallest absolute Gasteiger partial charge is 0.185 e.